The van der Waals surface area contributed by atoms with Crippen LogP contribution in [-0.4, -0.2) is 40.0 Å². The van der Waals surface area contributed by atoms with E-state index in [-0.39, 0.29) is 5.69 Å². The highest BCUT2D eigenvalue weighted by Gasteiger charge is 2.21. The molecule has 0 bridgehead atoms. The number of aromatic nitrogens is 3. The maximum atomic E-state index is 12.5. The average Bonchev–Trinajstić information content (AvgIpc) is 3.26. The van der Waals surface area contributed by atoms with E-state index in [2.05, 4.69) is 20.3 Å². The van der Waals surface area contributed by atoms with Gasteiger partial charge in [0.25, 0.3) is 5.91 Å². The number of nitrogens with one attached hydrogen (secondary N) is 1. The lowest BCUT2D eigenvalue weighted by Crippen LogP contribution is -2.30. The van der Waals surface area contributed by atoms with Gasteiger partial charge in [-0.05, 0) is 31.2 Å². The van der Waals surface area contributed by atoms with Crippen molar-refractivity contribution >= 4 is 39.4 Å². The largest absolute Gasteiger partial charge is 0.496 e. The van der Waals surface area contributed by atoms with Crippen LogP contribution < -0.4 is 10.1 Å². The number of amides is 1. The topological polar surface area (TPSA) is 103 Å². The molecule has 4 rings (SSSR count). The van der Waals surface area contributed by atoms with Gasteiger partial charge < -0.3 is 9.47 Å². The van der Waals surface area contributed by atoms with Crippen molar-refractivity contribution in [3.05, 3.63) is 65.8 Å². The second-order valence-corrected chi connectivity index (χ2v) is 7.38. The zero-order valence-corrected chi connectivity index (χ0v) is 17.6. The molecule has 1 N–H and O–H groups in total. The Hall–Kier alpha value is -3.85. The van der Waals surface area contributed by atoms with Crippen LogP contribution in [0.5, 0.6) is 5.75 Å². The van der Waals surface area contributed by atoms with Gasteiger partial charge in [0.2, 0.25) is 0 Å². The molecule has 2 aromatic heterocycles. The molecule has 1 unspecified atom stereocenters. The van der Waals surface area contributed by atoms with E-state index in [9.17, 15) is 9.59 Å². The summed E-state index contributed by atoms with van der Waals surface area (Å²) >= 11 is 1.26. The summed E-state index contributed by atoms with van der Waals surface area (Å²) in [4.78, 5) is 37.7. The molecule has 4 aromatic rings. The summed E-state index contributed by atoms with van der Waals surface area (Å²) in [6, 6.07) is 14.6. The number of methoxy groups -OCH3 is 1. The van der Waals surface area contributed by atoms with Crippen LogP contribution in [0.4, 0.5) is 5.13 Å². The summed E-state index contributed by atoms with van der Waals surface area (Å²) in [7, 11) is 1.59. The van der Waals surface area contributed by atoms with Crippen LogP contribution in [0, 0.1) is 0 Å². The molecule has 8 nitrogen and oxygen atoms in total. The molecule has 0 radical (unpaired) electrons. The Labute approximate surface area is 181 Å². The van der Waals surface area contributed by atoms with Gasteiger partial charge in [0.15, 0.2) is 16.9 Å². The van der Waals surface area contributed by atoms with Crippen molar-refractivity contribution in [3.8, 4) is 17.0 Å². The minimum absolute atomic E-state index is 0.0334. The van der Waals surface area contributed by atoms with Crippen LogP contribution in [0.3, 0.4) is 0 Å². The molecule has 0 saturated heterocycles. The van der Waals surface area contributed by atoms with E-state index in [0.717, 1.165) is 5.56 Å². The van der Waals surface area contributed by atoms with Crippen molar-refractivity contribution in [1.82, 2.24) is 15.0 Å². The molecule has 156 valence electrons. The quantitative estimate of drug-likeness (QED) is 0.458. The summed E-state index contributed by atoms with van der Waals surface area (Å²) < 4.78 is 10.6. The minimum atomic E-state index is -1.04. The van der Waals surface area contributed by atoms with Crippen molar-refractivity contribution < 1.29 is 19.1 Å². The smallest absolute Gasteiger partial charge is 0.359 e. The summed E-state index contributed by atoms with van der Waals surface area (Å²) in [6.07, 6.45) is 0.287. The van der Waals surface area contributed by atoms with Crippen LogP contribution in [0.2, 0.25) is 0 Å². The summed E-state index contributed by atoms with van der Waals surface area (Å²) in [5.74, 6) is -0.540. The number of thiazole rings is 1. The van der Waals surface area contributed by atoms with Gasteiger partial charge >= 0.3 is 5.97 Å². The molecular weight excluding hydrogens is 416 g/mol. The van der Waals surface area contributed by atoms with Crippen molar-refractivity contribution in [3.63, 3.8) is 0 Å². The standard InChI is InChI=1S/C22H18N4O4S/c1-13(30-21(28)17-11-23-15-8-4-5-9-16(15)24-17)20(27)26-22-25-18(12-31-22)14-7-3-6-10-19(14)29-2/h3-13H,1-2H3,(H,25,26,27). The van der Waals surface area contributed by atoms with E-state index >= 15 is 0 Å². The van der Waals surface area contributed by atoms with Gasteiger partial charge in [-0.2, -0.15) is 0 Å². The average molecular weight is 434 g/mol. The Morgan fingerprint density at radius 1 is 1.03 bits per heavy atom. The van der Waals surface area contributed by atoms with Crippen molar-refractivity contribution in [1.29, 1.82) is 0 Å². The maximum absolute atomic E-state index is 12.5. The first kappa shape index (κ1) is 20.4. The number of nitrogens with zero attached hydrogens (tertiary/aromatic N) is 3. The van der Waals surface area contributed by atoms with Gasteiger partial charge in [-0.25, -0.2) is 14.8 Å². The van der Waals surface area contributed by atoms with Gasteiger partial charge in [-0.3, -0.25) is 15.1 Å². The highest BCUT2D eigenvalue weighted by atomic mass is 32.1. The lowest BCUT2D eigenvalue weighted by atomic mass is 10.1. The second kappa shape index (κ2) is 8.88. The third-order valence-electron chi connectivity index (χ3n) is 4.43. The van der Waals surface area contributed by atoms with Gasteiger partial charge in [0.05, 0.1) is 30.0 Å². The van der Waals surface area contributed by atoms with Crippen LogP contribution in [0.25, 0.3) is 22.3 Å². The fraction of sp³-hybridized carbons (Fsp3) is 0.136. The van der Waals surface area contributed by atoms with E-state index in [1.54, 1.807) is 25.3 Å². The molecule has 1 atom stereocenters. The Morgan fingerprint density at radius 2 is 1.77 bits per heavy atom. The third-order valence-corrected chi connectivity index (χ3v) is 5.19. The first-order chi connectivity index (χ1) is 15.0. The van der Waals surface area contributed by atoms with Crippen molar-refractivity contribution in [2.24, 2.45) is 0 Å². The SMILES string of the molecule is COc1ccccc1-c1csc(NC(=O)C(C)OC(=O)c2cnc3ccccc3n2)n1. The minimum Gasteiger partial charge on any atom is -0.496 e. The molecule has 0 spiro atoms. The lowest BCUT2D eigenvalue weighted by molar-refractivity contribution is -0.123. The molecule has 31 heavy (non-hydrogen) atoms. The number of anilines is 1. The zero-order chi connectivity index (χ0) is 21.8. The summed E-state index contributed by atoms with van der Waals surface area (Å²) in [5.41, 5.74) is 2.76. The fourth-order valence-electron chi connectivity index (χ4n) is 2.85. The molecule has 1 amide bonds. The molecular formula is C22H18N4O4S. The molecule has 0 fully saturated rings. The number of benzene rings is 2. The van der Waals surface area contributed by atoms with Gasteiger partial charge in [0.1, 0.15) is 5.75 Å². The van der Waals surface area contributed by atoms with Crippen LogP contribution >= 0.6 is 11.3 Å². The van der Waals surface area contributed by atoms with E-state index in [1.807, 2.05) is 35.7 Å². The van der Waals surface area contributed by atoms with Crippen molar-refractivity contribution in [2.45, 2.75) is 13.0 Å². The van der Waals surface area contributed by atoms with Gasteiger partial charge in [-0.1, -0.05) is 24.3 Å². The Kier molecular flexibility index (Phi) is 5.85. The summed E-state index contributed by atoms with van der Waals surface area (Å²) in [6.45, 7) is 1.48. The second-order valence-electron chi connectivity index (χ2n) is 6.52. The number of carbonyl (C=O) groups is 2. The number of hydrogen-bond donors (Lipinski definition) is 1. The van der Waals surface area contributed by atoms with Gasteiger partial charge in [0, 0.05) is 10.9 Å². The van der Waals surface area contributed by atoms with Crippen LogP contribution in [0.15, 0.2) is 60.1 Å². The molecule has 2 aromatic carbocycles. The van der Waals surface area contributed by atoms with Gasteiger partial charge in [-0.15, -0.1) is 11.3 Å². The van der Waals surface area contributed by atoms with Crippen LogP contribution in [0.1, 0.15) is 17.4 Å². The predicted octanol–water partition coefficient (Wildman–Crippen LogP) is 3.95. The van der Waals surface area contributed by atoms with Crippen LogP contribution in [-0.2, 0) is 9.53 Å². The van der Waals surface area contributed by atoms with E-state index < -0.39 is 18.0 Å². The lowest BCUT2D eigenvalue weighted by Gasteiger charge is -2.12. The Balaban J connectivity index is 1.41. The Bertz CT molecular complexity index is 1260. The van der Waals surface area contributed by atoms with E-state index in [0.29, 0.717) is 27.6 Å². The number of hydrogen-bond acceptors (Lipinski definition) is 8. The van der Waals surface area contributed by atoms with E-state index in [1.165, 1.54) is 24.5 Å². The molecule has 0 saturated carbocycles. The highest BCUT2D eigenvalue weighted by Crippen LogP contribution is 2.31. The van der Waals surface area contributed by atoms with Crippen molar-refractivity contribution in [2.75, 3.05) is 12.4 Å². The normalized spacial score (nSPS) is 11.7. The zero-order valence-electron chi connectivity index (χ0n) is 16.7. The molecule has 2 heterocycles. The number of carbonyl (C=O) groups excluding carboxylic acids is 2. The number of esters is 1. The molecule has 9 heteroatoms. The van der Waals surface area contributed by atoms with E-state index in [4.69, 9.17) is 9.47 Å². The predicted molar refractivity (Wildman–Crippen MR) is 117 cm³/mol. The number of rotatable bonds is 6. The maximum Gasteiger partial charge on any atom is 0.359 e. The highest BCUT2D eigenvalue weighted by molar-refractivity contribution is 7.14. The summed E-state index contributed by atoms with van der Waals surface area (Å²) in [5, 5.41) is 4.87. The monoisotopic (exact) mass is 434 g/mol. The number of fused-ring (bicyclic) bond motifs is 1. The molecule has 0 aliphatic carbocycles. The molecule has 0 aliphatic heterocycles. The first-order valence-corrected chi connectivity index (χ1v) is 10.3. The number of para-hydroxylation sites is 3. The fourth-order valence-corrected chi connectivity index (χ4v) is 3.56. The number of ether oxygens (including phenoxy) is 2. The third kappa shape index (κ3) is 4.51. The Morgan fingerprint density at radius 3 is 2.58 bits per heavy atom. The first-order valence-electron chi connectivity index (χ1n) is 9.37. The molecule has 0 aliphatic rings.